The molecule has 0 bridgehead atoms. The lowest BCUT2D eigenvalue weighted by atomic mass is 10.2. The number of rotatable bonds is 0. The van der Waals surface area contributed by atoms with Crippen LogP contribution in [-0.4, -0.2) is 10.2 Å². The van der Waals surface area contributed by atoms with E-state index < -0.39 is 0 Å². The SMILES string of the molecule is Nc1cc2cccc(N)c2nn1. The van der Waals surface area contributed by atoms with Crippen molar-refractivity contribution in [2.24, 2.45) is 0 Å². The highest BCUT2D eigenvalue weighted by atomic mass is 15.1. The van der Waals surface area contributed by atoms with E-state index in [1.54, 1.807) is 12.1 Å². The Hall–Kier alpha value is -1.84. The molecular weight excluding hydrogens is 152 g/mol. The molecule has 4 heteroatoms. The summed E-state index contributed by atoms with van der Waals surface area (Å²) in [6.45, 7) is 0. The second kappa shape index (κ2) is 2.34. The quantitative estimate of drug-likeness (QED) is 0.558. The molecule has 1 aromatic carbocycles. The van der Waals surface area contributed by atoms with Crippen LogP contribution in [0.5, 0.6) is 0 Å². The van der Waals surface area contributed by atoms with E-state index in [4.69, 9.17) is 11.5 Å². The summed E-state index contributed by atoms with van der Waals surface area (Å²) in [5, 5.41) is 8.52. The Kier molecular flexibility index (Phi) is 1.33. The lowest BCUT2D eigenvalue weighted by Gasteiger charge is -1.99. The minimum Gasteiger partial charge on any atom is -0.397 e. The van der Waals surface area contributed by atoms with Gasteiger partial charge in [0.15, 0.2) is 0 Å². The maximum atomic E-state index is 5.66. The van der Waals surface area contributed by atoms with Crippen molar-refractivity contribution in [1.29, 1.82) is 0 Å². The molecule has 1 heterocycles. The summed E-state index contributed by atoms with van der Waals surface area (Å²) in [5.41, 5.74) is 12.4. The van der Waals surface area contributed by atoms with Gasteiger partial charge in [-0.25, -0.2) is 0 Å². The van der Waals surface area contributed by atoms with Crippen molar-refractivity contribution in [3.05, 3.63) is 24.3 Å². The summed E-state index contributed by atoms with van der Waals surface area (Å²) in [5.74, 6) is 0.410. The Morgan fingerprint density at radius 1 is 1.08 bits per heavy atom. The molecule has 0 saturated heterocycles. The van der Waals surface area contributed by atoms with E-state index in [1.165, 1.54) is 0 Å². The van der Waals surface area contributed by atoms with Crippen molar-refractivity contribution in [3.63, 3.8) is 0 Å². The predicted molar refractivity (Wildman–Crippen MR) is 48.4 cm³/mol. The molecule has 0 amide bonds. The first kappa shape index (κ1) is 6.84. The Bertz CT molecular complexity index is 424. The fourth-order valence-corrected chi connectivity index (χ4v) is 1.11. The van der Waals surface area contributed by atoms with E-state index in [-0.39, 0.29) is 0 Å². The molecule has 0 aliphatic rings. The molecule has 0 unspecified atom stereocenters. The van der Waals surface area contributed by atoms with E-state index in [0.29, 0.717) is 17.0 Å². The average Bonchev–Trinajstić information content (AvgIpc) is 2.04. The Balaban J connectivity index is 2.86. The standard InChI is InChI=1S/C8H8N4/c9-6-3-1-2-5-4-7(10)11-12-8(5)6/h1-4H,9H2,(H2,10,11). The van der Waals surface area contributed by atoms with Crippen molar-refractivity contribution in [2.75, 3.05) is 11.5 Å². The number of hydrogen-bond donors (Lipinski definition) is 2. The molecule has 4 N–H and O–H groups in total. The molecule has 0 saturated carbocycles. The van der Waals surface area contributed by atoms with Crippen LogP contribution in [0.4, 0.5) is 11.5 Å². The van der Waals surface area contributed by atoms with Gasteiger partial charge in [0.25, 0.3) is 0 Å². The summed E-state index contributed by atoms with van der Waals surface area (Å²) >= 11 is 0. The number of hydrogen-bond acceptors (Lipinski definition) is 4. The molecule has 2 aromatic rings. The highest BCUT2D eigenvalue weighted by Crippen LogP contribution is 2.17. The van der Waals surface area contributed by atoms with Gasteiger partial charge in [0.05, 0.1) is 5.69 Å². The predicted octanol–water partition coefficient (Wildman–Crippen LogP) is 0.794. The number of nitrogens with zero attached hydrogens (tertiary/aromatic N) is 2. The highest BCUT2D eigenvalue weighted by molar-refractivity contribution is 5.89. The smallest absolute Gasteiger partial charge is 0.146 e. The van der Waals surface area contributed by atoms with Gasteiger partial charge in [-0.2, -0.15) is 0 Å². The number of aromatic nitrogens is 2. The van der Waals surface area contributed by atoms with Crippen LogP contribution in [-0.2, 0) is 0 Å². The van der Waals surface area contributed by atoms with Gasteiger partial charge in [-0.15, -0.1) is 10.2 Å². The van der Waals surface area contributed by atoms with Gasteiger partial charge >= 0.3 is 0 Å². The van der Waals surface area contributed by atoms with E-state index in [2.05, 4.69) is 10.2 Å². The molecule has 60 valence electrons. The average molecular weight is 160 g/mol. The summed E-state index contributed by atoms with van der Waals surface area (Å²) in [7, 11) is 0. The molecular formula is C8H8N4. The van der Waals surface area contributed by atoms with Crippen molar-refractivity contribution < 1.29 is 0 Å². The van der Waals surface area contributed by atoms with Crippen LogP contribution in [0.15, 0.2) is 24.3 Å². The molecule has 2 rings (SSSR count). The molecule has 0 aliphatic heterocycles. The molecule has 4 nitrogen and oxygen atoms in total. The van der Waals surface area contributed by atoms with Crippen LogP contribution in [0.3, 0.4) is 0 Å². The number of benzene rings is 1. The fourth-order valence-electron chi connectivity index (χ4n) is 1.11. The Morgan fingerprint density at radius 3 is 2.75 bits per heavy atom. The third-order valence-corrected chi connectivity index (χ3v) is 1.67. The molecule has 12 heavy (non-hydrogen) atoms. The maximum absolute atomic E-state index is 5.66. The van der Waals surface area contributed by atoms with Crippen LogP contribution in [0.25, 0.3) is 10.9 Å². The molecule has 0 aliphatic carbocycles. The third-order valence-electron chi connectivity index (χ3n) is 1.67. The first-order chi connectivity index (χ1) is 5.77. The second-order valence-corrected chi connectivity index (χ2v) is 2.55. The summed E-state index contributed by atoms with van der Waals surface area (Å²) in [4.78, 5) is 0. The van der Waals surface area contributed by atoms with Crippen molar-refractivity contribution in [1.82, 2.24) is 10.2 Å². The van der Waals surface area contributed by atoms with E-state index in [0.717, 1.165) is 5.39 Å². The number of nitrogens with two attached hydrogens (primary N) is 2. The van der Waals surface area contributed by atoms with Crippen LogP contribution >= 0.6 is 0 Å². The van der Waals surface area contributed by atoms with Gasteiger partial charge in [-0.1, -0.05) is 12.1 Å². The minimum absolute atomic E-state index is 0.410. The zero-order chi connectivity index (χ0) is 8.55. The first-order valence-electron chi connectivity index (χ1n) is 3.55. The molecule has 0 fully saturated rings. The van der Waals surface area contributed by atoms with E-state index in [9.17, 15) is 0 Å². The lowest BCUT2D eigenvalue weighted by molar-refractivity contribution is 1.09. The third kappa shape index (κ3) is 0.934. The lowest BCUT2D eigenvalue weighted by Crippen LogP contribution is -1.95. The Morgan fingerprint density at radius 2 is 1.92 bits per heavy atom. The molecule has 0 spiro atoms. The zero-order valence-electron chi connectivity index (χ0n) is 6.36. The normalized spacial score (nSPS) is 10.3. The zero-order valence-corrected chi connectivity index (χ0v) is 6.36. The van der Waals surface area contributed by atoms with Gasteiger partial charge in [-0.3, -0.25) is 0 Å². The van der Waals surface area contributed by atoms with Gasteiger partial charge in [0.1, 0.15) is 11.3 Å². The van der Waals surface area contributed by atoms with Crippen LogP contribution < -0.4 is 11.5 Å². The molecule has 1 aromatic heterocycles. The van der Waals surface area contributed by atoms with Gasteiger partial charge in [-0.05, 0) is 12.1 Å². The van der Waals surface area contributed by atoms with Gasteiger partial charge in [0, 0.05) is 5.39 Å². The van der Waals surface area contributed by atoms with Gasteiger partial charge in [0.2, 0.25) is 0 Å². The topological polar surface area (TPSA) is 77.8 Å². The second-order valence-electron chi connectivity index (χ2n) is 2.55. The van der Waals surface area contributed by atoms with Crippen LogP contribution in [0, 0.1) is 0 Å². The van der Waals surface area contributed by atoms with Crippen molar-refractivity contribution in [2.45, 2.75) is 0 Å². The van der Waals surface area contributed by atoms with Crippen LogP contribution in [0.1, 0.15) is 0 Å². The highest BCUT2D eigenvalue weighted by Gasteiger charge is 1.98. The van der Waals surface area contributed by atoms with Crippen molar-refractivity contribution >= 4 is 22.4 Å². The Labute approximate surface area is 69.2 Å². The van der Waals surface area contributed by atoms with E-state index in [1.807, 2.05) is 12.1 Å². The largest absolute Gasteiger partial charge is 0.397 e. The summed E-state index contributed by atoms with van der Waals surface area (Å²) < 4.78 is 0. The van der Waals surface area contributed by atoms with E-state index >= 15 is 0 Å². The number of fused-ring (bicyclic) bond motifs is 1. The summed E-state index contributed by atoms with van der Waals surface area (Å²) in [6, 6.07) is 7.29. The maximum Gasteiger partial charge on any atom is 0.146 e. The van der Waals surface area contributed by atoms with Crippen molar-refractivity contribution in [3.8, 4) is 0 Å². The number of nitrogen functional groups attached to an aromatic ring is 2. The molecule has 0 atom stereocenters. The van der Waals surface area contributed by atoms with Gasteiger partial charge < -0.3 is 11.5 Å². The minimum atomic E-state index is 0.410. The fraction of sp³-hybridized carbons (Fsp3) is 0. The first-order valence-corrected chi connectivity index (χ1v) is 3.55. The van der Waals surface area contributed by atoms with Crippen LogP contribution in [0.2, 0.25) is 0 Å². The molecule has 0 radical (unpaired) electrons. The summed E-state index contributed by atoms with van der Waals surface area (Å²) in [6.07, 6.45) is 0. The monoisotopic (exact) mass is 160 g/mol. The number of anilines is 2.